The van der Waals surface area contributed by atoms with Gasteiger partial charge in [0, 0.05) is 21.1 Å². The maximum absolute atomic E-state index is 11.6. The summed E-state index contributed by atoms with van der Waals surface area (Å²) in [7, 11) is 4.64. The highest BCUT2D eigenvalue weighted by Crippen LogP contribution is 2.09. The second-order valence-corrected chi connectivity index (χ2v) is 3.04. The second kappa shape index (κ2) is 3.49. The van der Waals surface area contributed by atoms with Crippen LogP contribution in [0, 0.1) is 0 Å². The number of rotatable bonds is 2. The van der Waals surface area contributed by atoms with Gasteiger partial charge >= 0.3 is 5.97 Å². The van der Waals surface area contributed by atoms with E-state index < -0.39 is 5.97 Å². The average molecular weight is 197 g/mol. The van der Waals surface area contributed by atoms with Gasteiger partial charge in [0.25, 0.3) is 5.91 Å². The SMILES string of the molecule is CN(C)C(=O)c1c(C(=O)O)cnn1C. The van der Waals surface area contributed by atoms with Crippen molar-refractivity contribution in [3.8, 4) is 0 Å². The van der Waals surface area contributed by atoms with E-state index in [0.717, 1.165) is 0 Å². The molecule has 1 aromatic heterocycles. The van der Waals surface area contributed by atoms with Crippen LogP contribution < -0.4 is 0 Å². The molecule has 0 atom stereocenters. The van der Waals surface area contributed by atoms with Crippen molar-refractivity contribution in [3.63, 3.8) is 0 Å². The predicted molar refractivity (Wildman–Crippen MR) is 48.2 cm³/mol. The summed E-state index contributed by atoms with van der Waals surface area (Å²) in [6, 6.07) is 0. The van der Waals surface area contributed by atoms with Crippen molar-refractivity contribution < 1.29 is 14.7 Å². The lowest BCUT2D eigenvalue weighted by Gasteiger charge is -2.10. The molecule has 1 N–H and O–H groups in total. The van der Waals surface area contributed by atoms with Gasteiger partial charge in [-0.1, -0.05) is 0 Å². The predicted octanol–water partition coefficient (Wildman–Crippen LogP) is -0.180. The van der Waals surface area contributed by atoms with Crippen LogP contribution in [0.25, 0.3) is 0 Å². The highest BCUT2D eigenvalue weighted by molar-refractivity contribution is 6.03. The fourth-order valence-corrected chi connectivity index (χ4v) is 1.06. The molecule has 6 heteroatoms. The Morgan fingerprint density at radius 3 is 2.50 bits per heavy atom. The largest absolute Gasteiger partial charge is 0.478 e. The highest BCUT2D eigenvalue weighted by atomic mass is 16.4. The first-order valence-electron chi connectivity index (χ1n) is 3.92. The maximum atomic E-state index is 11.6. The molecule has 1 heterocycles. The molecule has 0 saturated heterocycles. The number of amides is 1. The molecule has 0 saturated carbocycles. The number of hydrogen-bond donors (Lipinski definition) is 1. The van der Waals surface area contributed by atoms with E-state index in [4.69, 9.17) is 5.11 Å². The van der Waals surface area contributed by atoms with E-state index in [1.807, 2.05) is 0 Å². The van der Waals surface area contributed by atoms with E-state index in [1.54, 1.807) is 14.1 Å². The Bertz CT molecular complexity index is 381. The van der Waals surface area contributed by atoms with Crippen LogP contribution in [-0.2, 0) is 7.05 Å². The maximum Gasteiger partial charge on any atom is 0.339 e. The first-order valence-corrected chi connectivity index (χ1v) is 3.92. The molecule has 0 radical (unpaired) electrons. The summed E-state index contributed by atoms with van der Waals surface area (Å²) in [5, 5.41) is 12.5. The van der Waals surface area contributed by atoms with Crippen molar-refractivity contribution in [2.75, 3.05) is 14.1 Å². The van der Waals surface area contributed by atoms with Gasteiger partial charge in [0.1, 0.15) is 11.3 Å². The minimum absolute atomic E-state index is 0.0776. The smallest absolute Gasteiger partial charge is 0.339 e. The fraction of sp³-hybridized carbons (Fsp3) is 0.375. The summed E-state index contributed by atoms with van der Waals surface area (Å²) in [4.78, 5) is 23.6. The third-order valence-electron chi connectivity index (χ3n) is 1.78. The minimum atomic E-state index is -1.15. The summed E-state index contributed by atoms with van der Waals surface area (Å²) in [5.74, 6) is -1.52. The lowest BCUT2D eigenvalue weighted by atomic mass is 10.2. The van der Waals surface area contributed by atoms with Crippen molar-refractivity contribution in [2.45, 2.75) is 0 Å². The monoisotopic (exact) mass is 197 g/mol. The molecule has 0 fully saturated rings. The molecule has 0 spiro atoms. The highest BCUT2D eigenvalue weighted by Gasteiger charge is 2.22. The molecule has 0 aromatic carbocycles. The van der Waals surface area contributed by atoms with Crippen molar-refractivity contribution in [1.29, 1.82) is 0 Å². The van der Waals surface area contributed by atoms with Gasteiger partial charge in [-0.15, -0.1) is 0 Å². The number of carbonyl (C=O) groups is 2. The van der Waals surface area contributed by atoms with E-state index in [9.17, 15) is 9.59 Å². The first-order chi connectivity index (χ1) is 6.45. The quantitative estimate of drug-likeness (QED) is 0.713. The third kappa shape index (κ3) is 1.59. The number of aromatic carboxylic acids is 1. The topological polar surface area (TPSA) is 75.4 Å². The molecule has 0 aliphatic heterocycles. The normalized spacial score (nSPS) is 9.93. The van der Waals surface area contributed by atoms with E-state index in [1.165, 1.54) is 22.8 Å². The van der Waals surface area contributed by atoms with E-state index in [0.29, 0.717) is 0 Å². The molecular formula is C8H11N3O3. The molecule has 0 aliphatic rings. The summed E-state index contributed by atoms with van der Waals surface area (Å²) in [5.41, 5.74) is 0.00806. The van der Waals surface area contributed by atoms with Crippen LogP contribution in [0.15, 0.2) is 6.20 Å². The van der Waals surface area contributed by atoms with Gasteiger partial charge in [0.05, 0.1) is 6.20 Å². The van der Waals surface area contributed by atoms with Gasteiger partial charge < -0.3 is 10.0 Å². The second-order valence-electron chi connectivity index (χ2n) is 3.04. The summed E-state index contributed by atoms with van der Waals surface area (Å²) in [6.45, 7) is 0. The summed E-state index contributed by atoms with van der Waals surface area (Å²) < 4.78 is 1.26. The molecule has 0 aliphatic carbocycles. The number of aryl methyl sites for hydroxylation is 1. The lowest BCUT2D eigenvalue weighted by Crippen LogP contribution is -2.26. The number of hydrogen-bond acceptors (Lipinski definition) is 3. The van der Waals surface area contributed by atoms with E-state index in [2.05, 4.69) is 5.10 Å². The van der Waals surface area contributed by atoms with Crippen LogP contribution in [0.2, 0.25) is 0 Å². The molecule has 1 rings (SSSR count). The summed E-state index contributed by atoms with van der Waals surface area (Å²) in [6.07, 6.45) is 1.17. The standard InChI is InChI=1S/C8H11N3O3/c1-10(2)7(12)6-5(8(13)14)4-9-11(6)3/h4H,1-3H3,(H,13,14). The number of nitrogens with zero attached hydrogens (tertiary/aromatic N) is 3. The van der Waals surface area contributed by atoms with Crippen molar-refractivity contribution in [3.05, 3.63) is 17.5 Å². The van der Waals surface area contributed by atoms with Crippen LogP contribution in [0.3, 0.4) is 0 Å². The molecular weight excluding hydrogens is 186 g/mol. The van der Waals surface area contributed by atoms with Gasteiger partial charge in [-0.25, -0.2) is 4.79 Å². The third-order valence-corrected chi connectivity index (χ3v) is 1.78. The fourth-order valence-electron chi connectivity index (χ4n) is 1.06. The molecule has 1 amide bonds. The van der Waals surface area contributed by atoms with Gasteiger partial charge in [0.15, 0.2) is 0 Å². The Hall–Kier alpha value is -1.85. The Kier molecular flexibility index (Phi) is 2.55. The van der Waals surface area contributed by atoms with Gasteiger partial charge in [0.2, 0.25) is 0 Å². The first kappa shape index (κ1) is 10.2. The van der Waals surface area contributed by atoms with Gasteiger partial charge in [-0.2, -0.15) is 5.10 Å². The molecule has 0 bridgehead atoms. The van der Waals surface area contributed by atoms with Crippen molar-refractivity contribution in [1.82, 2.24) is 14.7 Å². The van der Waals surface area contributed by atoms with Crippen LogP contribution in [0.1, 0.15) is 20.8 Å². The minimum Gasteiger partial charge on any atom is -0.478 e. The molecule has 6 nitrogen and oxygen atoms in total. The number of carboxylic acid groups (broad SMARTS) is 1. The number of carboxylic acids is 1. The molecule has 0 unspecified atom stereocenters. The van der Waals surface area contributed by atoms with E-state index >= 15 is 0 Å². The Labute approximate surface area is 80.7 Å². The Morgan fingerprint density at radius 2 is 2.07 bits per heavy atom. The molecule has 1 aromatic rings. The molecule has 76 valence electrons. The average Bonchev–Trinajstić information content (AvgIpc) is 2.45. The number of carbonyl (C=O) groups excluding carboxylic acids is 1. The van der Waals surface area contributed by atoms with Gasteiger partial charge in [-0.05, 0) is 0 Å². The van der Waals surface area contributed by atoms with Crippen molar-refractivity contribution in [2.24, 2.45) is 7.05 Å². The zero-order chi connectivity index (χ0) is 10.9. The van der Waals surface area contributed by atoms with Crippen LogP contribution in [0.4, 0.5) is 0 Å². The van der Waals surface area contributed by atoms with Crippen molar-refractivity contribution >= 4 is 11.9 Å². The lowest BCUT2D eigenvalue weighted by molar-refractivity contribution is 0.0683. The Balaban J connectivity index is 3.24. The van der Waals surface area contributed by atoms with E-state index in [-0.39, 0.29) is 17.2 Å². The molecule has 14 heavy (non-hydrogen) atoms. The zero-order valence-electron chi connectivity index (χ0n) is 8.18. The van der Waals surface area contributed by atoms with Crippen LogP contribution in [0.5, 0.6) is 0 Å². The number of aromatic nitrogens is 2. The zero-order valence-corrected chi connectivity index (χ0v) is 8.18. The summed E-state index contributed by atoms with van der Waals surface area (Å²) >= 11 is 0. The Morgan fingerprint density at radius 1 is 1.50 bits per heavy atom. The van der Waals surface area contributed by atoms with Crippen LogP contribution in [-0.4, -0.2) is 45.8 Å². The van der Waals surface area contributed by atoms with Crippen LogP contribution >= 0.6 is 0 Å². The van der Waals surface area contributed by atoms with Gasteiger partial charge in [-0.3, -0.25) is 9.48 Å².